The summed E-state index contributed by atoms with van der Waals surface area (Å²) in [5.41, 5.74) is 0. The number of ether oxygens (including phenoxy) is 1. The Morgan fingerprint density at radius 2 is 1.81 bits per heavy atom. The van der Waals surface area contributed by atoms with Crippen molar-refractivity contribution in [3.63, 3.8) is 0 Å². The number of aliphatic hydroxyl groups excluding tert-OH is 6. The number of rotatable bonds is 10. The van der Waals surface area contributed by atoms with Gasteiger partial charge in [-0.3, -0.25) is 0 Å². The monoisotopic (exact) mass is 394 g/mol. The molecule has 8 atom stereocenters. The number of carbonyl (C=O) groups is 1. The quantitative estimate of drug-likeness (QED) is 0.204. The van der Waals surface area contributed by atoms with Gasteiger partial charge in [0, 0.05) is 25.5 Å². The predicted molar refractivity (Wildman–Crippen MR) is 95.9 cm³/mol. The van der Waals surface area contributed by atoms with Crippen molar-refractivity contribution in [1.82, 2.24) is 10.6 Å². The number of urea groups is 1. The summed E-state index contributed by atoms with van der Waals surface area (Å²) in [6.45, 7) is 3.33. The smallest absolute Gasteiger partial charge is 0.315 e. The van der Waals surface area contributed by atoms with E-state index in [2.05, 4.69) is 10.6 Å². The highest BCUT2D eigenvalue weighted by Crippen LogP contribution is 2.28. The van der Waals surface area contributed by atoms with Gasteiger partial charge in [0.2, 0.25) is 0 Å². The third-order valence-corrected chi connectivity index (χ3v) is 4.93. The Bertz CT molecular complexity index is 439. The first-order chi connectivity index (χ1) is 12.7. The number of aliphatic hydroxyl groups is 6. The van der Waals surface area contributed by atoms with Crippen LogP contribution in [0.1, 0.15) is 33.1 Å². The fourth-order valence-corrected chi connectivity index (χ4v) is 3.09. The van der Waals surface area contributed by atoms with Gasteiger partial charge in [-0.05, 0) is 19.8 Å². The van der Waals surface area contributed by atoms with Crippen molar-refractivity contribution in [2.24, 2.45) is 5.92 Å². The molecule has 0 saturated heterocycles. The standard InChI is InChI=1S/C17H34N2O8/c1-3-10(21)6-12(22)11(19-17(26)18-4-2)8-27-13-5-9(7-20)14(23)16(25)15(13)24/h9-16,20-25H,3-8H2,1-2H3,(H2,18,19,26). The Labute approximate surface area is 159 Å². The molecule has 0 heterocycles. The van der Waals surface area contributed by atoms with Crippen LogP contribution in [0.15, 0.2) is 0 Å². The van der Waals surface area contributed by atoms with Crippen LogP contribution in [0.5, 0.6) is 0 Å². The van der Waals surface area contributed by atoms with Crippen molar-refractivity contribution in [2.75, 3.05) is 19.8 Å². The third-order valence-electron chi connectivity index (χ3n) is 4.93. The van der Waals surface area contributed by atoms with Crippen LogP contribution in [0.25, 0.3) is 0 Å². The van der Waals surface area contributed by atoms with Gasteiger partial charge in [-0.2, -0.15) is 0 Å². The molecule has 0 radical (unpaired) electrons. The van der Waals surface area contributed by atoms with Crippen molar-refractivity contribution in [1.29, 1.82) is 0 Å². The molecule has 0 aliphatic heterocycles. The maximum absolute atomic E-state index is 11.8. The number of hydrogen-bond donors (Lipinski definition) is 8. The van der Waals surface area contributed by atoms with Crippen LogP contribution in [0, 0.1) is 5.92 Å². The lowest BCUT2D eigenvalue weighted by atomic mass is 9.81. The molecule has 8 unspecified atom stereocenters. The molecule has 1 rings (SSSR count). The summed E-state index contributed by atoms with van der Waals surface area (Å²) >= 11 is 0. The first kappa shape index (κ1) is 24.0. The molecule has 1 aliphatic carbocycles. The number of nitrogens with one attached hydrogen (secondary N) is 2. The van der Waals surface area contributed by atoms with E-state index in [0.29, 0.717) is 13.0 Å². The summed E-state index contributed by atoms with van der Waals surface area (Å²) in [4.78, 5) is 11.8. The first-order valence-corrected chi connectivity index (χ1v) is 9.42. The van der Waals surface area contributed by atoms with E-state index in [1.807, 2.05) is 0 Å². The molecule has 1 aliphatic rings. The van der Waals surface area contributed by atoms with Crippen molar-refractivity contribution in [3.8, 4) is 0 Å². The normalized spacial score (nSPS) is 31.8. The highest BCUT2D eigenvalue weighted by atomic mass is 16.5. The average Bonchev–Trinajstić information content (AvgIpc) is 2.64. The lowest BCUT2D eigenvalue weighted by molar-refractivity contribution is -0.181. The largest absolute Gasteiger partial charge is 0.396 e. The van der Waals surface area contributed by atoms with Crippen molar-refractivity contribution in [2.45, 2.75) is 75.8 Å². The van der Waals surface area contributed by atoms with Gasteiger partial charge in [-0.15, -0.1) is 0 Å². The van der Waals surface area contributed by atoms with Crippen LogP contribution in [-0.2, 0) is 4.74 Å². The molecule has 0 aromatic heterocycles. The predicted octanol–water partition coefficient (Wildman–Crippen LogP) is -2.32. The molecular formula is C17H34N2O8. The topological polar surface area (TPSA) is 172 Å². The van der Waals surface area contributed by atoms with Crippen molar-refractivity contribution in [3.05, 3.63) is 0 Å². The molecule has 27 heavy (non-hydrogen) atoms. The summed E-state index contributed by atoms with van der Waals surface area (Å²) in [6, 6.07) is -1.37. The second-order valence-corrected chi connectivity index (χ2v) is 7.00. The van der Waals surface area contributed by atoms with Crippen LogP contribution in [0.2, 0.25) is 0 Å². The maximum Gasteiger partial charge on any atom is 0.315 e. The molecular weight excluding hydrogens is 360 g/mol. The second kappa shape index (κ2) is 11.7. The van der Waals surface area contributed by atoms with Gasteiger partial charge in [0.05, 0.1) is 37.1 Å². The van der Waals surface area contributed by atoms with E-state index in [9.17, 15) is 35.4 Å². The van der Waals surface area contributed by atoms with Crippen LogP contribution >= 0.6 is 0 Å². The van der Waals surface area contributed by atoms with Gasteiger partial charge in [0.25, 0.3) is 0 Å². The number of amides is 2. The second-order valence-electron chi connectivity index (χ2n) is 7.00. The minimum Gasteiger partial charge on any atom is -0.396 e. The van der Waals surface area contributed by atoms with Crippen LogP contribution in [0.4, 0.5) is 4.79 Å². The van der Waals surface area contributed by atoms with E-state index in [1.54, 1.807) is 13.8 Å². The first-order valence-electron chi connectivity index (χ1n) is 9.42. The van der Waals surface area contributed by atoms with E-state index < -0.39 is 54.6 Å². The Balaban J connectivity index is 2.74. The van der Waals surface area contributed by atoms with Gasteiger partial charge in [0.15, 0.2) is 0 Å². The van der Waals surface area contributed by atoms with Gasteiger partial charge in [0.1, 0.15) is 12.2 Å². The fraction of sp³-hybridized carbons (Fsp3) is 0.941. The average molecular weight is 394 g/mol. The lowest BCUT2D eigenvalue weighted by Gasteiger charge is -2.40. The van der Waals surface area contributed by atoms with Crippen molar-refractivity contribution >= 4 is 6.03 Å². The highest BCUT2D eigenvalue weighted by molar-refractivity contribution is 5.74. The molecule has 10 nitrogen and oxygen atoms in total. The summed E-state index contributed by atoms with van der Waals surface area (Å²) in [5, 5.41) is 64.4. The van der Waals surface area contributed by atoms with Crippen LogP contribution < -0.4 is 10.6 Å². The minimum absolute atomic E-state index is 0.0325. The number of carbonyl (C=O) groups excluding carboxylic acids is 1. The number of hydrogen-bond acceptors (Lipinski definition) is 8. The van der Waals surface area contributed by atoms with E-state index in [4.69, 9.17) is 4.74 Å². The molecule has 160 valence electrons. The molecule has 1 fully saturated rings. The summed E-state index contributed by atoms with van der Waals surface area (Å²) in [5.74, 6) is -0.657. The van der Waals surface area contributed by atoms with Crippen LogP contribution in [-0.4, -0.2) is 99.1 Å². The highest BCUT2D eigenvalue weighted by Gasteiger charge is 2.43. The Morgan fingerprint density at radius 1 is 1.15 bits per heavy atom. The molecule has 0 aromatic carbocycles. The van der Waals surface area contributed by atoms with Crippen molar-refractivity contribution < 1.29 is 40.2 Å². The van der Waals surface area contributed by atoms with Crippen LogP contribution in [0.3, 0.4) is 0 Å². The molecule has 1 saturated carbocycles. The Hall–Kier alpha value is -1.01. The lowest BCUT2D eigenvalue weighted by Crippen LogP contribution is -2.57. The SMILES string of the molecule is CCNC(=O)NC(COC1CC(CO)C(O)C(O)C1O)C(O)CC(O)CC. The molecule has 2 amide bonds. The molecule has 10 heteroatoms. The zero-order valence-corrected chi connectivity index (χ0v) is 15.9. The summed E-state index contributed by atoms with van der Waals surface area (Å²) < 4.78 is 5.61. The van der Waals surface area contributed by atoms with E-state index >= 15 is 0 Å². The van der Waals surface area contributed by atoms with Gasteiger partial charge >= 0.3 is 6.03 Å². The van der Waals surface area contributed by atoms with E-state index in [0.717, 1.165) is 0 Å². The van der Waals surface area contributed by atoms with E-state index in [1.165, 1.54) is 0 Å². The minimum atomic E-state index is -1.47. The zero-order valence-electron chi connectivity index (χ0n) is 15.9. The van der Waals surface area contributed by atoms with Gasteiger partial charge in [-0.25, -0.2) is 4.79 Å². The zero-order chi connectivity index (χ0) is 20.6. The summed E-state index contributed by atoms with van der Waals surface area (Å²) in [6.07, 6.45) is -6.24. The maximum atomic E-state index is 11.8. The van der Waals surface area contributed by atoms with Gasteiger partial charge in [-0.1, -0.05) is 6.92 Å². The Morgan fingerprint density at radius 3 is 2.37 bits per heavy atom. The Kier molecular flexibility index (Phi) is 10.5. The van der Waals surface area contributed by atoms with Gasteiger partial charge < -0.3 is 46.0 Å². The molecule has 0 aromatic rings. The third kappa shape index (κ3) is 7.15. The molecule has 0 spiro atoms. The molecule has 8 N–H and O–H groups in total. The summed E-state index contributed by atoms with van der Waals surface area (Å²) in [7, 11) is 0. The molecule has 0 bridgehead atoms. The fourth-order valence-electron chi connectivity index (χ4n) is 3.09. The van der Waals surface area contributed by atoms with E-state index in [-0.39, 0.29) is 26.1 Å².